The van der Waals surface area contributed by atoms with Gasteiger partial charge in [-0.1, -0.05) is 60.1 Å². The van der Waals surface area contributed by atoms with Gasteiger partial charge in [0, 0.05) is 17.3 Å². The second-order valence-electron chi connectivity index (χ2n) is 8.31. The van der Waals surface area contributed by atoms with E-state index in [4.69, 9.17) is 10.1 Å². The molecule has 1 aromatic heterocycles. The Bertz CT molecular complexity index is 1070. The molecule has 2 aromatic carbocycles. The average molecular weight is 401 g/mol. The van der Waals surface area contributed by atoms with Gasteiger partial charge >= 0.3 is 7.48 Å². The molecule has 154 valence electrons. The standard InChI is InChI=1S/C24H28BN3O2/c1-23(2,29)24(3,4)30-25-19-14-12-18(13-15-19)21(26)28-22-20(11-8-16-27-22)17-9-6-5-7-10-17/h5-16,25,29H,1-4H3,(H2,26,27,28). The van der Waals surface area contributed by atoms with Crippen LogP contribution in [0.4, 0.5) is 0 Å². The molecule has 0 fully saturated rings. The second-order valence-corrected chi connectivity index (χ2v) is 8.31. The third-order valence-electron chi connectivity index (χ3n) is 5.44. The lowest BCUT2D eigenvalue weighted by Crippen LogP contribution is -2.49. The fourth-order valence-corrected chi connectivity index (χ4v) is 2.75. The summed E-state index contributed by atoms with van der Waals surface area (Å²) in [5.41, 5.74) is 2.70. The minimum atomic E-state index is -0.948. The van der Waals surface area contributed by atoms with Crippen LogP contribution in [0.15, 0.2) is 77.9 Å². The van der Waals surface area contributed by atoms with Crippen LogP contribution >= 0.6 is 0 Å². The Kier molecular flexibility index (Phi) is 6.39. The third kappa shape index (κ3) is 5.15. The van der Waals surface area contributed by atoms with Gasteiger partial charge in [0.05, 0.1) is 11.2 Å². The van der Waals surface area contributed by atoms with E-state index in [1.165, 1.54) is 0 Å². The van der Waals surface area contributed by atoms with Crippen LogP contribution in [0, 0.1) is 5.41 Å². The van der Waals surface area contributed by atoms with Gasteiger partial charge in [-0.15, -0.1) is 0 Å². The number of nitrogens with zero attached hydrogens (tertiary/aromatic N) is 1. The number of aliphatic hydroxyl groups is 1. The largest absolute Gasteiger partial charge is 0.427 e. The molecule has 0 aliphatic carbocycles. The summed E-state index contributed by atoms with van der Waals surface area (Å²) in [6, 6.07) is 21.5. The van der Waals surface area contributed by atoms with Gasteiger partial charge in [0.15, 0.2) is 5.84 Å². The maximum Gasteiger partial charge on any atom is 0.309 e. The molecule has 0 spiro atoms. The van der Waals surface area contributed by atoms with Crippen LogP contribution in [0.5, 0.6) is 0 Å². The predicted molar refractivity (Wildman–Crippen MR) is 123 cm³/mol. The first kappa shape index (κ1) is 21.7. The zero-order valence-corrected chi connectivity index (χ0v) is 17.9. The summed E-state index contributed by atoms with van der Waals surface area (Å²) in [5, 5.41) is 18.6. The van der Waals surface area contributed by atoms with Crippen molar-refractivity contribution in [2.75, 3.05) is 0 Å². The van der Waals surface area contributed by atoms with Gasteiger partial charge < -0.3 is 14.7 Å². The van der Waals surface area contributed by atoms with E-state index in [0.717, 1.165) is 22.2 Å². The Morgan fingerprint density at radius 2 is 1.63 bits per heavy atom. The smallest absolute Gasteiger partial charge is 0.309 e. The van der Waals surface area contributed by atoms with Crippen molar-refractivity contribution in [1.29, 1.82) is 5.41 Å². The van der Waals surface area contributed by atoms with Crippen LogP contribution < -0.4 is 11.0 Å². The van der Waals surface area contributed by atoms with Gasteiger partial charge in [-0.05, 0) is 45.4 Å². The highest BCUT2D eigenvalue weighted by Crippen LogP contribution is 2.24. The Morgan fingerprint density at radius 3 is 2.27 bits per heavy atom. The number of H-pyrrole nitrogens is 1. The Morgan fingerprint density at radius 1 is 0.967 bits per heavy atom. The Labute approximate surface area is 178 Å². The molecule has 3 rings (SSSR count). The minimum absolute atomic E-state index is 0.180. The van der Waals surface area contributed by atoms with Gasteiger partial charge in [-0.3, -0.25) is 5.41 Å². The molecular weight excluding hydrogens is 373 g/mol. The first-order valence-electron chi connectivity index (χ1n) is 9.99. The monoisotopic (exact) mass is 401 g/mol. The average Bonchev–Trinajstić information content (AvgIpc) is 2.73. The van der Waals surface area contributed by atoms with Crippen molar-refractivity contribution in [2.24, 2.45) is 4.99 Å². The number of hydrogen-bond acceptors (Lipinski definition) is 3. The van der Waals surface area contributed by atoms with Gasteiger partial charge in [0.2, 0.25) is 0 Å². The lowest BCUT2D eigenvalue weighted by atomic mass is 9.82. The molecule has 3 N–H and O–H groups in total. The van der Waals surface area contributed by atoms with Crippen molar-refractivity contribution in [1.82, 2.24) is 4.98 Å². The minimum Gasteiger partial charge on any atom is -0.427 e. The first-order valence-corrected chi connectivity index (χ1v) is 9.99. The molecule has 5 nitrogen and oxygen atoms in total. The van der Waals surface area contributed by atoms with Crippen LogP contribution in [0.1, 0.15) is 33.3 Å². The maximum absolute atomic E-state index is 10.2. The summed E-state index contributed by atoms with van der Waals surface area (Å²) < 4.78 is 5.91. The van der Waals surface area contributed by atoms with Crippen molar-refractivity contribution < 1.29 is 9.76 Å². The van der Waals surface area contributed by atoms with Crippen LogP contribution in [0.3, 0.4) is 0 Å². The quantitative estimate of drug-likeness (QED) is 0.337. The van der Waals surface area contributed by atoms with Gasteiger partial charge in [0.1, 0.15) is 5.49 Å². The molecule has 0 aliphatic rings. The maximum atomic E-state index is 10.2. The molecule has 1 heterocycles. The summed E-state index contributed by atoms with van der Waals surface area (Å²) in [5.74, 6) is 0.180. The number of rotatable bonds is 6. The van der Waals surface area contributed by atoms with Gasteiger partial charge in [0.25, 0.3) is 0 Å². The number of hydrogen-bond donors (Lipinski definition) is 3. The van der Waals surface area contributed by atoms with E-state index in [0.29, 0.717) is 13.0 Å². The zero-order chi connectivity index (χ0) is 21.8. The number of pyridine rings is 1. The second kappa shape index (κ2) is 8.82. The van der Waals surface area contributed by atoms with Gasteiger partial charge in [-0.2, -0.15) is 0 Å². The Balaban J connectivity index is 1.78. The van der Waals surface area contributed by atoms with Gasteiger partial charge in [-0.25, -0.2) is 4.99 Å². The molecule has 0 unspecified atom stereocenters. The van der Waals surface area contributed by atoms with E-state index in [1.54, 1.807) is 13.8 Å². The molecular formula is C24H28BN3O2. The molecule has 0 saturated carbocycles. The normalized spacial score (nSPS) is 12.6. The zero-order valence-electron chi connectivity index (χ0n) is 17.9. The van der Waals surface area contributed by atoms with E-state index < -0.39 is 11.2 Å². The van der Waals surface area contributed by atoms with Crippen molar-refractivity contribution in [3.63, 3.8) is 0 Å². The highest BCUT2D eigenvalue weighted by Gasteiger charge is 2.35. The number of benzene rings is 2. The van der Waals surface area contributed by atoms with Crippen molar-refractivity contribution in [3.8, 4) is 11.1 Å². The van der Waals surface area contributed by atoms with E-state index in [-0.39, 0.29) is 5.84 Å². The topological polar surface area (TPSA) is 81.5 Å². The van der Waals surface area contributed by atoms with Crippen LogP contribution in [0.2, 0.25) is 0 Å². The third-order valence-corrected chi connectivity index (χ3v) is 5.44. The van der Waals surface area contributed by atoms with Crippen molar-refractivity contribution in [2.45, 2.75) is 38.9 Å². The molecule has 3 aromatic rings. The van der Waals surface area contributed by atoms with E-state index in [2.05, 4.69) is 9.98 Å². The van der Waals surface area contributed by atoms with Crippen molar-refractivity contribution in [3.05, 3.63) is 84.0 Å². The number of aromatic nitrogens is 1. The van der Waals surface area contributed by atoms with E-state index >= 15 is 0 Å². The van der Waals surface area contributed by atoms with E-state index in [9.17, 15) is 5.11 Å². The fraction of sp³-hybridized carbons (Fsp3) is 0.250. The number of nitrogens with one attached hydrogen (secondary N) is 2. The van der Waals surface area contributed by atoms with Crippen LogP contribution in [0.25, 0.3) is 11.1 Å². The van der Waals surface area contributed by atoms with Crippen LogP contribution in [-0.2, 0) is 4.65 Å². The summed E-state index contributed by atoms with van der Waals surface area (Å²) in [7, 11) is 0.381. The van der Waals surface area contributed by atoms with Crippen LogP contribution in [-0.4, -0.2) is 34.6 Å². The predicted octanol–water partition coefficient (Wildman–Crippen LogP) is 3.15. The highest BCUT2D eigenvalue weighted by atomic mass is 16.5. The molecule has 0 aliphatic heterocycles. The lowest BCUT2D eigenvalue weighted by molar-refractivity contribution is -0.0893. The lowest BCUT2D eigenvalue weighted by Gasteiger charge is -2.37. The SMILES string of the molecule is CC(C)(O)C(C)(C)OBc1ccc(C(=N)/N=c2\[nH]cccc2-c2ccccc2)cc1. The molecule has 0 atom stereocenters. The fourth-order valence-electron chi connectivity index (χ4n) is 2.75. The summed E-state index contributed by atoms with van der Waals surface area (Å²) >= 11 is 0. The Hall–Kier alpha value is -2.96. The summed E-state index contributed by atoms with van der Waals surface area (Å²) in [6.07, 6.45) is 1.81. The summed E-state index contributed by atoms with van der Waals surface area (Å²) in [4.78, 5) is 7.66. The highest BCUT2D eigenvalue weighted by molar-refractivity contribution is 6.47. The molecule has 0 radical (unpaired) electrons. The van der Waals surface area contributed by atoms with Crippen molar-refractivity contribution >= 4 is 18.8 Å². The number of aromatic amines is 1. The first-order chi connectivity index (χ1) is 14.2. The van der Waals surface area contributed by atoms with E-state index in [1.807, 2.05) is 86.8 Å². The molecule has 0 bridgehead atoms. The number of amidine groups is 1. The molecule has 6 heteroatoms. The molecule has 0 saturated heterocycles. The molecule has 0 amide bonds. The molecule has 30 heavy (non-hydrogen) atoms. The summed E-state index contributed by atoms with van der Waals surface area (Å²) in [6.45, 7) is 7.22.